The summed E-state index contributed by atoms with van der Waals surface area (Å²) in [6.07, 6.45) is 6.78. The molecule has 31 heavy (non-hydrogen) atoms. The molecule has 4 rings (SSSR count). The molecule has 0 bridgehead atoms. The average molecular weight is 423 g/mol. The predicted octanol–water partition coefficient (Wildman–Crippen LogP) is 4.11. The zero-order valence-electron chi connectivity index (χ0n) is 19.1. The second kappa shape index (κ2) is 8.13. The Morgan fingerprint density at radius 3 is 2.29 bits per heavy atom. The van der Waals surface area contributed by atoms with Crippen molar-refractivity contribution in [1.82, 2.24) is 14.7 Å². The molecule has 2 aromatic rings. The molecular formula is C25H34N4O2. The van der Waals surface area contributed by atoms with Crippen LogP contribution in [0.2, 0.25) is 0 Å². The number of likely N-dealkylation sites (tertiary alicyclic amines) is 1. The van der Waals surface area contributed by atoms with Crippen LogP contribution in [0.15, 0.2) is 36.7 Å². The summed E-state index contributed by atoms with van der Waals surface area (Å²) in [5.74, 6) is 0.205. The summed E-state index contributed by atoms with van der Waals surface area (Å²) in [5.41, 5.74) is 2.92. The van der Waals surface area contributed by atoms with Crippen LogP contribution in [0.3, 0.4) is 0 Å². The maximum Gasteiger partial charge on any atom is 0.233 e. The lowest BCUT2D eigenvalue weighted by atomic mass is 9.84. The van der Waals surface area contributed by atoms with Gasteiger partial charge in [0.1, 0.15) is 0 Å². The molecule has 166 valence electrons. The van der Waals surface area contributed by atoms with E-state index >= 15 is 0 Å². The van der Waals surface area contributed by atoms with E-state index in [1.807, 2.05) is 18.0 Å². The van der Waals surface area contributed by atoms with Gasteiger partial charge in [-0.25, -0.2) is 0 Å². The van der Waals surface area contributed by atoms with Crippen molar-refractivity contribution < 1.29 is 9.59 Å². The van der Waals surface area contributed by atoms with Gasteiger partial charge in [0.2, 0.25) is 11.8 Å². The molecule has 1 saturated heterocycles. The van der Waals surface area contributed by atoms with Crippen LogP contribution < -0.4 is 5.32 Å². The number of piperidine rings is 1. The first-order valence-electron chi connectivity index (χ1n) is 11.5. The number of nitrogens with zero attached hydrogens (tertiary/aromatic N) is 3. The van der Waals surface area contributed by atoms with Crippen molar-refractivity contribution in [1.29, 1.82) is 0 Å². The van der Waals surface area contributed by atoms with Crippen LogP contribution >= 0.6 is 0 Å². The second-order valence-corrected chi connectivity index (χ2v) is 10.0. The standard InChI is InChI=1S/C25H34N4O2/c1-5-29-17-21(16-26-29)27-22(30)18-10-14-28(15-11-18)23(31)25(12-13-25)20-8-6-19(7-9-20)24(2,3)4/h6-9,16-18H,5,10-15H2,1-4H3,(H,27,30). The number of carbonyl (C=O) groups excluding carboxylic acids is 2. The molecule has 2 heterocycles. The number of carbonyl (C=O) groups is 2. The van der Waals surface area contributed by atoms with Crippen molar-refractivity contribution in [2.24, 2.45) is 5.92 Å². The molecule has 1 aliphatic carbocycles. The fourth-order valence-electron chi connectivity index (χ4n) is 4.53. The molecule has 2 fully saturated rings. The zero-order valence-corrected chi connectivity index (χ0v) is 19.1. The zero-order chi connectivity index (χ0) is 22.2. The third-order valence-corrected chi connectivity index (χ3v) is 6.84. The number of aromatic nitrogens is 2. The summed E-state index contributed by atoms with van der Waals surface area (Å²) in [6, 6.07) is 8.62. The van der Waals surface area contributed by atoms with Crippen molar-refractivity contribution in [3.63, 3.8) is 0 Å². The quantitative estimate of drug-likeness (QED) is 0.789. The summed E-state index contributed by atoms with van der Waals surface area (Å²) >= 11 is 0. The maximum absolute atomic E-state index is 13.4. The van der Waals surface area contributed by atoms with E-state index in [1.54, 1.807) is 10.9 Å². The van der Waals surface area contributed by atoms with Crippen LogP contribution in [-0.4, -0.2) is 39.6 Å². The van der Waals surface area contributed by atoms with Crippen LogP contribution in [0.4, 0.5) is 5.69 Å². The van der Waals surface area contributed by atoms with E-state index in [2.05, 4.69) is 55.5 Å². The van der Waals surface area contributed by atoms with Gasteiger partial charge in [-0.05, 0) is 49.1 Å². The van der Waals surface area contributed by atoms with E-state index in [-0.39, 0.29) is 28.6 Å². The Bertz CT molecular complexity index is 943. The van der Waals surface area contributed by atoms with Crippen molar-refractivity contribution in [3.05, 3.63) is 47.8 Å². The normalized spacial score (nSPS) is 18.6. The molecule has 0 atom stereocenters. The highest BCUT2D eigenvalue weighted by molar-refractivity contribution is 5.93. The largest absolute Gasteiger partial charge is 0.342 e. The fourth-order valence-corrected chi connectivity index (χ4v) is 4.53. The molecule has 2 aliphatic rings. The van der Waals surface area contributed by atoms with Gasteiger partial charge in [0.05, 0.1) is 17.3 Å². The number of hydrogen-bond acceptors (Lipinski definition) is 3. The van der Waals surface area contributed by atoms with Crippen molar-refractivity contribution >= 4 is 17.5 Å². The number of rotatable bonds is 5. The molecule has 1 aliphatic heterocycles. The Labute approximate surface area is 185 Å². The topological polar surface area (TPSA) is 67.2 Å². The Kier molecular flexibility index (Phi) is 5.67. The van der Waals surface area contributed by atoms with Crippen molar-refractivity contribution in [2.45, 2.75) is 70.8 Å². The van der Waals surface area contributed by atoms with Gasteiger partial charge in [0.25, 0.3) is 0 Å². The molecule has 1 N–H and O–H groups in total. The number of anilines is 1. The minimum atomic E-state index is -0.347. The summed E-state index contributed by atoms with van der Waals surface area (Å²) in [5, 5.41) is 7.17. The molecule has 1 aromatic heterocycles. The lowest BCUT2D eigenvalue weighted by Gasteiger charge is -2.34. The summed E-state index contributed by atoms with van der Waals surface area (Å²) in [6.45, 7) is 10.7. The third-order valence-electron chi connectivity index (χ3n) is 6.84. The summed E-state index contributed by atoms with van der Waals surface area (Å²) in [4.78, 5) is 28.0. The first-order valence-corrected chi connectivity index (χ1v) is 11.5. The number of benzene rings is 1. The maximum atomic E-state index is 13.4. The lowest BCUT2D eigenvalue weighted by molar-refractivity contribution is -0.137. The van der Waals surface area contributed by atoms with Crippen LogP contribution in [0.1, 0.15) is 64.5 Å². The van der Waals surface area contributed by atoms with Crippen LogP contribution in [-0.2, 0) is 27.0 Å². The Morgan fingerprint density at radius 2 is 1.77 bits per heavy atom. The fraction of sp³-hybridized carbons (Fsp3) is 0.560. The first kappa shape index (κ1) is 21.6. The Balaban J connectivity index is 1.35. The lowest BCUT2D eigenvalue weighted by Crippen LogP contribution is -2.45. The number of nitrogens with one attached hydrogen (secondary N) is 1. The average Bonchev–Trinajstić information content (AvgIpc) is 3.46. The van der Waals surface area contributed by atoms with Gasteiger partial charge >= 0.3 is 0 Å². The van der Waals surface area contributed by atoms with E-state index in [1.165, 1.54) is 5.56 Å². The van der Waals surface area contributed by atoms with Crippen LogP contribution in [0.5, 0.6) is 0 Å². The SMILES string of the molecule is CCn1cc(NC(=O)C2CCN(C(=O)C3(c4ccc(C(C)(C)C)cc4)CC3)CC2)cn1. The monoisotopic (exact) mass is 422 g/mol. The highest BCUT2D eigenvalue weighted by Gasteiger charge is 2.53. The van der Waals surface area contributed by atoms with Crippen molar-refractivity contribution in [3.8, 4) is 0 Å². The molecule has 6 heteroatoms. The van der Waals surface area contributed by atoms with Gasteiger partial charge in [0, 0.05) is 31.7 Å². The molecule has 0 spiro atoms. The predicted molar refractivity (Wildman–Crippen MR) is 122 cm³/mol. The van der Waals surface area contributed by atoms with E-state index in [0.717, 1.165) is 30.6 Å². The highest BCUT2D eigenvalue weighted by Crippen LogP contribution is 2.50. The number of aryl methyl sites for hydroxylation is 1. The van der Waals surface area contributed by atoms with Gasteiger partial charge in [-0.2, -0.15) is 5.10 Å². The molecule has 1 saturated carbocycles. The van der Waals surface area contributed by atoms with E-state index < -0.39 is 0 Å². The molecule has 1 aromatic carbocycles. The Morgan fingerprint density at radius 1 is 1.13 bits per heavy atom. The van der Waals surface area contributed by atoms with Gasteiger partial charge in [0.15, 0.2) is 0 Å². The third kappa shape index (κ3) is 4.39. The molecule has 0 unspecified atom stereocenters. The van der Waals surface area contributed by atoms with Crippen molar-refractivity contribution in [2.75, 3.05) is 18.4 Å². The minimum Gasteiger partial charge on any atom is -0.342 e. The van der Waals surface area contributed by atoms with Crippen LogP contribution in [0, 0.1) is 5.92 Å². The van der Waals surface area contributed by atoms with Crippen LogP contribution in [0.25, 0.3) is 0 Å². The summed E-state index contributed by atoms with van der Waals surface area (Å²) in [7, 11) is 0. The van der Waals surface area contributed by atoms with Gasteiger partial charge in [-0.3, -0.25) is 14.3 Å². The van der Waals surface area contributed by atoms with Gasteiger partial charge in [-0.15, -0.1) is 0 Å². The molecule has 6 nitrogen and oxygen atoms in total. The Hall–Kier alpha value is -2.63. The molecular weight excluding hydrogens is 388 g/mol. The van der Waals surface area contributed by atoms with Gasteiger partial charge < -0.3 is 10.2 Å². The van der Waals surface area contributed by atoms with E-state index in [9.17, 15) is 9.59 Å². The minimum absolute atomic E-state index is 0.0293. The highest BCUT2D eigenvalue weighted by atomic mass is 16.2. The summed E-state index contributed by atoms with van der Waals surface area (Å²) < 4.78 is 1.79. The number of hydrogen-bond donors (Lipinski definition) is 1. The second-order valence-electron chi connectivity index (χ2n) is 10.0. The smallest absolute Gasteiger partial charge is 0.233 e. The molecule has 0 radical (unpaired) electrons. The molecule has 2 amide bonds. The number of amides is 2. The van der Waals surface area contributed by atoms with E-state index in [4.69, 9.17) is 0 Å². The first-order chi connectivity index (χ1) is 14.7. The van der Waals surface area contributed by atoms with E-state index in [0.29, 0.717) is 25.9 Å². The van der Waals surface area contributed by atoms with Gasteiger partial charge in [-0.1, -0.05) is 45.0 Å².